The number of phenolic OH excluding ortho intramolecular Hbond substituents is 1. The van der Waals surface area contributed by atoms with Crippen molar-refractivity contribution < 1.29 is 19.4 Å². The van der Waals surface area contributed by atoms with Crippen molar-refractivity contribution in [3.05, 3.63) is 48.5 Å². The molecular weight excluding hydrogens is 272 g/mol. The largest absolute Gasteiger partial charge is 0.506 e. The molecule has 0 aromatic heterocycles. The van der Waals surface area contributed by atoms with E-state index in [1.54, 1.807) is 43.5 Å². The molecule has 0 bridgehead atoms. The van der Waals surface area contributed by atoms with Gasteiger partial charge in [-0.3, -0.25) is 0 Å². The van der Waals surface area contributed by atoms with Crippen molar-refractivity contribution in [3.63, 3.8) is 0 Å². The number of aromatic hydroxyl groups is 1. The standard InChI is InChI=1S/C15H16N2O4/c1-20-13-8-4-5-9-14(13)21-10-16-15(19)17-11-6-2-3-7-12(11)18/h2-9,18H,10H2,1H3,(H2,16,17,19). The van der Waals surface area contributed by atoms with Gasteiger partial charge in [-0.2, -0.15) is 0 Å². The van der Waals surface area contributed by atoms with Gasteiger partial charge in [-0.1, -0.05) is 24.3 Å². The highest BCUT2D eigenvalue weighted by Crippen LogP contribution is 2.25. The highest BCUT2D eigenvalue weighted by molar-refractivity contribution is 5.90. The van der Waals surface area contributed by atoms with Gasteiger partial charge in [-0.25, -0.2) is 4.79 Å². The molecular formula is C15H16N2O4. The van der Waals surface area contributed by atoms with Crippen LogP contribution in [-0.2, 0) is 0 Å². The molecule has 3 N–H and O–H groups in total. The van der Waals surface area contributed by atoms with Crippen molar-refractivity contribution in [2.45, 2.75) is 0 Å². The Bertz CT molecular complexity index is 616. The van der Waals surface area contributed by atoms with E-state index in [1.807, 2.05) is 6.07 Å². The van der Waals surface area contributed by atoms with Crippen LogP contribution < -0.4 is 20.1 Å². The lowest BCUT2D eigenvalue weighted by Gasteiger charge is -2.12. The van der Waals surface area contributed by atoms with Crippen molar-refractivity contribution in [3.8, 4) is 17.2 Å². The Morgan fingerprint density at radius 3 is 2.48 bits per heavy atom. The molecule has 0 atom stereocenters. The number of methoxy groups -OCH3 is 1. The molecule has 2 aromatic carbocycles. The average Bonchev–Trinajstić information content (AvgIpc) is 2.50. The molecule has 0 saturated heterocycles. The predicted octanol–water partition coefficient (Wildman–Crippen LogP) is 2.56. The van der Waals surface area contributed by atoms with Gasteiger partial charge >= 0.3 is 6.03 Å². The third kappa shape index (κ3) is 4.04. The molecule has 0 aliphatic heterocycles. The van der Waals surface area contributed by atoms with E-state index in [2.05, 4.69) is 10.6 Å². The molecule has 0 heterocycles. The Kier molecular flexibility index (Phi) is 4.87. The van der Waals surface area contributed by atoms with Crippen LogP contribution in [0.3, 0.4) is 0 Å². The average molecular weight is 288 g/mol. The second kappa shape index (κ2) is 7.04. The molecule has 0 aliphatic carbocycles. The molecule has 6 nitrogen and oxygen atoms in total. The first kappa shape index (κ1) is 14.5. The van der Waals surface area contributed by atoms with E-state index in [9.17, 15) is 9.90 Å². The quantitative estimate of drug-likeness (QED) is 0.583. The van der Waals surface area contributed by atoms with E-state index >= 15 is 0 Å². The van der Waals surface area contributed by atoms with Crippen molar-refractivity contribution in [1.29, 1.82) is 0 Å². The van der Waals surface area contributed by atoms with Crippen LogP contribution >= 0.6 is 0 Å². The summed E-state index contributed by atoms with van der Waals surface area (Å²) in [5.74, 6) is 1.11. The lowest BCUT2D eigenvalue weighted by atomic mass is 10.3. The second-order valence-corrected chi connectivity index (χ2v) is 4.09. The topological polar surface area (TPSA) is 79.8 Å². The number of para-hydroxylation sites is 4. The summed E-state index contributed by atoms with van der Waals surface area (Å²) in [6, 6.07) is 13.1. The van der Waals surface area contributed by atoms with E-state index in [4.69, 9.17) is 9.47 Å². The summed E-state index contributed by atoms with van der Waals surface area (Å²) in [5.41, 5.74) is 0.326. The molecule has 0 spiro atoms. The van der Waals surface area contributed by atoms with Crippen LogP contribution in [0.4, 0.5) is 10.5 Å². The van der Waals surface area contributed by atoms with E-state index in [0.717, 1.165) is 0 Å². The molecule has 6 heteroatoms. The number of nitrogens with one attached hydrogen (secondary N) is 2. The minimum absolute atomic E-state index is 0.00158. The van der Waals surface area contributed by atoms with Crippen LogP contribution in [0.2, 0.25) is 0 Å². The Morgan fingerprint density at radius 1 is 1.10 bits per heavy atom. The summed E-state index contributed by atoms with van der Waals surface area (Å²) in [4.78, 5) is 11.7. The predicted molar refractivity (Wildman–Crippen MR) is 78.8 cm³/mol. The molecule has 0 aliphatic rings. The Hall–Kier alpha value is -2.89. The fraction of sp³-hybridized carbons (Fsp3) is 0.133. The maximum absolute atomic E-state index is 11.7. The summed E-state index contributed by atoms with van der Waals surface area (Å²) >= 11 is 0. The van der Waals surface area contributed by atoms with Crippen LogP contribution in [0.1, 0.15) is 0 Å². The van der Waals surface area contributed by atoms with Gasteiger partial charge < -0.3 is 25.2 Å². The van der Waals surface area contributed by atoms with E-state index in [-0.39, 0.29) is 12.5 Å². The van der Waals surface area contributed by atoms with E-state index < -0.39 is 6.03 Å². The van der Waals surface area contributed by atoms with Gasteiger partial charge in [0.1, 0.15) is 5.75 Å². The fourth-order valence-electron chi connectivity index (χ4n) is 1.66. The van der Waals surface area contributed by atoms with Gasteiger partial charge in [0, 0.05) is 0 Å². The molecule has 0 radical (unpaired) electrons. The summed E-state index contributed by atoms with van der Waals surface area (Å²) in [6.07, 6.45) is 0. The Labute approximate surface area is 122 Å². The monoisotopic (exact) mass is 288 g/mol. The summed E-state index contributed by atoms with van der Waals surface area (Å²) in [7, 11) is 1.54. The highest BCUT2D eigenvalue weighted by Gasteiger charge is 2.06. The molecule has 21 heavy (non-hydrogen) atoms. The van der Waals surface area contributed by atoms with Crippen LogP contribution in [0.15, 0.2) is 48.5 Å². The number of urea groups is 1. The van der Waals surface area contributed by atoms with Crippen LogP contribution in [-0.4, -0.2) is 25.0 Å². The summed E-state index contributed by atoms with van der Waals surface area (Å²) in [6.45, 7) is -0.0280. The zero-order valence-corrected chi connectivity index (χ0v) is 11.5. The lowest BCUT2D eigenvalue weighted by Crippen LogP contribution is -2.32. The van der Waals surface area contributed by atoms with Gasteiger partial charge in [0.05, 0.1) is 12.8 Å². The first-order valence-electron chi connectivity index (χ1n) is 6.29. The van der Waals surface area contributed by atoms with E-state index in [0.29, 0.717) is 17.2 Å². The van der Waals surface area contributed by atoms with Gasteiger partial charge in [0.25, 0.3) is 0 Å². The molecule has 2 aromatic rings. The zero-order valence-electron chi connectivity index (χ0n) is 11.5. The molecule has 110 valence electrons. The number of carbonyl (C=O) groups excluding carboxylic acids is 1. The number of benzene rings is 2. The van der Waals surface area contributed by atoms with Crippen molar-refractivity contribution in [1.82, 2.24) is 5.32 Å². The SMILES string of the molecule is COc1ccccc1OCNC(=O)Nc1ccccc1O. The maximum atomic E-state index is 11.7. The van der Waals surface area contributed by atoms with Gasteiger partial charge in [-0.05, 0) is 24.3 Å². The Balaban J connectivity index is 1.83. The molecule has 2 rings (SSSR count). The van der Waals surface area contributed by atoms with Crippen molar-refractivity contribution in [2.24, 2.45) is 0 Å². The van der Waals surface area contributed by atoms with Crippen molar-refractivity contribution >= 4 is 11.7 Å². The molecule has 2 amide bonds. The zero-order chi connectivity index (χ0) is 15.1. The number of ether oxygens (including phenoxy) is 2. The van der Waals surface area contributed by atoms with Crippen LogP contribution in [0, 0.1) is 0 Å². The first-order valence-corrected chi connectivity index (χ1v) is 6.29. The molecule has 0 fully saturated rings. The minimum atomic E-state index is -0.480. The third-order valence-corrected chi connectivity index (χ3v) is 2.68. The second-order valence-electron chi connectivity index (χ2n) is 4.09. The van der Waals surface area contributed by atoms with Crippen LogP contribution in [0.5, 0.6) is 17.2 Å². The highest BCUT2D eigenvalue weighted by atomic mass is 16.5. The normalized spacial score (nSPS) is 9.76. The number of rotatable bonds is 5. The summed E-state index contributed by atoms with van der Waals surface area (Å²) < 4.78 is 10.5. The number of amides is 2. The number of carbonyl (C=O) groups is 1. The van der Waals surface area contributed by atoms with E-state index in [1.165, 1.54) is 6.07 Å². The lowest BCUT2D eigenvalue weighted by molar-refractivity contribution is 0.231. The fourth-order valence-corrected chi connectivity index (χ4v) is 1.66. The first-order chi connectivity index (χ1) is 10.2. The van der Waals surface area contributed by atoms with Crippen LogP contribution in [0.25, 0.3) is 0 Å². The van der Waals surface area contributed by atoms with Crippen molar-refractivity contribution in [2.75, 3.05) is 19.2 Å². The minimum Gasteiger partial charge on any atom is -0.506 e. The molecule has 0 saturated carbocycles. The van der Waals surface area contributed by atoms with Gasteiger partial charge in [0.2, 0.25) is 0 Å². The maximum Gasteiger partial charge on any atom is 0.321 e. The van der Waals surface area contributed by atoms with Gasteiger partial charge in [0.15, 0.2) is 18.2 Å². The number of hydrogen-bond acceptors (Lipinski definition) is 4. The smallest absolute Gasteiger partial charge is 0.321 e. The number of anilines is 1. The third-order valence-electron chi connectivity index (χ3n) is 2.68. The van der Waals surface area contributed by atoms with Gasteiger partial charge in [-0.15, -0.1) is 0 Å². The molecule has 0 unspecified atom stereocenters. The number of phenols is 1. The summed E-state index contributed by atoms with van der Waals surface area (Å²) in [5, 5.41) is 14.6. The number of hydrogen-bond donors (Lipinski definition) is 3. The Morgan fingerprint density at radius 2 is 1.76 bits per heavy atom.